The largest absolute Gasteiger partial charge is 0.310 e. The van der Waals surface area contributed by atoms with Gasteiger partial charge in [0.15, 0.2) is 11.6 Å². The van der Waals surface area contributed by atoms with Crippen molar-refractivity contribution in [3.63, 3.8) is 0 Å². The summed E-state index contributed by atoms with van der Waals surface area (Å²) in [5.41, 5.74) is 0.807. The van der Waals surface area contributed by atoms with Crippen LogP contribution in [0.25, 0.3) is 0 Å². The molecular formula is C10H10BrF2N. The first-order chi connectivity index (χ1) is 6.68. The average molecular weight is 262 g/mol. The summed E-state index contributed by atoms with van der Waals surface area (Å²) in [5.74, 6) is -1.59. The van der Waals surface area contributed by atoms with Gasteiger partial charge in [0.2, 0.25) is 0 Å². The van der Waals surface area contributed by atoms with E-state index in [1.165, 1.54) is 12.1 Å². The highest BCUT2D eigenvalue weighted by molar-refractivity contribution is 9.10. The van der Waals surface area contributed by atoms with E-state index in [4.69, 9.17) is 0 Å². The quantitative estimate of drug-likeness (QED) is 0.766. The van der Waals surface area contributed by atoms with Crippen molar-refractivity contribution in [1.82, 2.24) is 5.32 Å². The molecule has 14 heavy (non-hydrogen) atoms. The molecule has 1 saturated heterocycles. The Kier molecular flexibility index (Phi) is 2.83. The zero-order valence-corrected chi connectivity index (χ0v) is 9.07. The van der Waals surface area contributed by atoms with Crippen molar-refractivity contribution in [2.45, 2.75) is 18.9 Å². The summed E-state index contributed by atoms with van der Waals surface area (Å²) in [6.45, 7) is 0.941. The second-order valence-corrected chi connectivity index (χ2v) is 4.29. The minimum Gasteiger partial charge on any atom is -0.310 e. The second-order valence-electron chi connectivity index (χ2n) is 3.44. The number of benzene rings is 1. The molecule has 1 aliphatic rings. The Morgan fingerprint density at radius 2 is 2.00 bits per heavy atom. The molecule has 1 nitrogen and oxygen atoms in total. The third-order valence-corrected chi connectivity index (χ3v) is 3.16. The maximum Gasteiger partial charge on any atom is 0.159 e. The van der Waals surface area contributed by atoms with Gasteiger partial charge in [-0.05, 0) is 37.1 Å². The molecule has 0 radical (unpaired) electrons. The lowest BCUT2D eigenvalue weighted by Crippen LogP contribution is -2.13. The summed E-state index contributed by atoms with van der Waals surface area (Å²) in [7, 11) is 0. The summed E-state index contributed by atoms with van der Waals surface area (Å²) >= 11 is 3.24. The Morgan fingerprint density at radius 1 is 1.29 bits per heavy atom. The van der Waals surface area contributed by atoms with Crippen molar-refractivity contribution < 1.29 is 8.78 Å². The molecule has 0 unspecified atom stereocenters. The fourth-order valence-corrected chi connectivity index (χ4v) is 2.35. The first kappa shape index (κ1) is 10.1. The predicted octanol–water partition coefficient (Wildman–Crippen LogP) is 3.15. The summed E-state index contributed by atoms with van der Waals surface area (Å²) in [4.78, 5) is 0. The molecule has 1 heterocycles. The predicted molar refractivity (Wildman–Crippen MR) is 54.0 cm³/mol. The first-order valence-corrected chi connectivity index (χ1v) is 5.35. The Hall–Kier alpha value is -0.480. The van der Waals surface area contributed by atoms with Crippen LogP contribution in [-0.4, -0.2) is 6.54 Å². The lowest BCUT2D eigenvalue weighted by molar-refractivity contribution is 0.502. The van der Waals surface area contributed by atoms with Gasteiger partial charge in [0.1, 0.15) is 0 Å². The van der Waals surface area contributed by atoms with Crippen LogP contribution in [0.2, 0.25) is 0 Å². The van der Waals surface area contributed by atoms with Crippen LogP contribution in [0.1, 0.15) is 24.4 Å². The van der Waals surface area contributed by atoms with E-state index in [1.54, 1.807) is 0 Å². The Balaban J connectivity index is 2.37. The van der Waals surface area contributed by atoms with E-state index in [1.807, 2.05) is 0 Å². The molecule has 0 saturated carbocycles. The summed E-state index contributed by atoms with van der Waals surface area (Å²) < 4.78 is 26.4. The van der Waals surface area contributed by atoms with E-state index in [2.05, 4.69) is 21.2 Å². The van der Waals surface area contributed by atoms with Gasteiger partial charge in [-0.25, -0.2) is 8.78 Å². The van der Waals surface area contributed by atoms with Crippen LogP contribution in [0.4, 0.5) is 8.78 Å². The van der Waals surface area contributed by atoms with Gasteiger partial charge < -0.3 is 5.32 Å². The smallest absolute Gasteiger partial charge is 0.159 e. The summed E-state index contributed by atoms with van der Waals surface area (Å²) in [5, 5.41) is 3.24. The lowest BCUT2D eigenvalue weighted by atomic mass is 10.1. The van der Waals surface area contributed by atoms with Crippen molar-refractivity contribution in [2.24, 2.45) is 0 Å². The molecule has 4 heteroatoms. The van der Waals surface area contributed by atoms with Crippen molar-refractivity contribution in [3.05, 3.63) is 33.8 Å². The monoisotopic (exact) mass is 261 g/mol. The molecule has 1 fully saturated rings. The average Bonchev–Trinajstić information content (AvgIpc) is 2.64. The van der Waals surface area contributed by atoms with Gasteiger partial charge in [-0.2, -0.15) is 0 Å². The summed E-state index contributed by atoms with van der Waals surface area (Å²) in [6.07, 6.45) is 2.06. The molecule has 1 aromatic carbocycles. The lowest BCUT2D eigenvalue weighted by Gasteiger charge is -2.12. The number of halogens is 3. The SMILES string of the molecule is Fc1cc(Br)c([C@@H]2CCCN2)cc1F. The number of hydrogen-bond donors (Lipinski definition) is 1. The van der Waals surface area contributed by atoms with Crippen molar-refractivity contribution in [1.29, 1.82) is 0 Å². The van der Waals surface area contributed by atoms with Crippen LogP contribution in [0.3, 0.4) is 0 Å². The molecule has 1 aliphatic heterocycles. The van der Waals surface area contributed by atoms with Gasteiger partial charge in [0, 0.05) is 10.5 Å². The highest BCUT2D eigenvalue weighted by Gasteiger charge is 2.20. The van der Waals surface area contributed by atoms with Crippen LogP contribution < -0.4 is 5.32 Å². The molecule has 0 spiro atoms. The van der Waals surface area contributed by atoms with E-state index in [9.17, 15) is 8.78 Å². The second kappa shape index (κ2) is 3.95. The van der Waals surface area contributed by atoms with Crippen LogP contribution in [0.5, 0.6) is 0 Å². The van der Waals surface area contributed by atoms with Gasteiger partial charge in [-0.1, -0.05) is 15.9 Å². The van der Waals surface area contributed by atoms with Crippen molar-refractivity contribution >= 4 is 15.9 Å². The number of hydrogen-bond acceptors (Lipinski definition) is 1. The molecule has 0 aromatic heterocycles. The van der Waals surface area contributed by atoms with E-state index in [0.717, 1.165) is 24.9 Å². The maximum absolute atomic E-state index is 13.0. The number of nitrogens with one attached hydrogen (secondary N) is 1. The molecular weight excluding hydrogens is 252 g/mol. The van der Waals surface area contributed by atoms with Crippen molar-refractivity contribution in [2.75, 3.05) is 6.54 Å². The number of rotatable bonds is 1. The zero-order valence-electron chi connectivity index (χ0n) is 7.49. The third-order valence-electron chi connectivity index (χ3n) is 2.48. The Labute approximate surface area is 89.6 Å². The molecule has 1 atom stereocenters. The minimum absolute atomic E-state index is 0.152. The zero-order chi connectivity index (χ0) is 10.1. The molecule has 0 amide bonds. The molecule has 2 rings (SSSR count). The molecule has 0 bridgehead atoms. The Bertz CT molecular complexity index is 348. The van der Waals surface area contributed by atoms with E-state index in [-0.39, 0.29) is 6.04 Å². The van der Waals surface area contributed by atoms with Gasteiger partial charge >= 0.3 is 0 Å². The van der Waals surface area contributed by atoms with Crippen LogP contribution in [-0.2, 0) is 0 Å². The normalized spacial score (nSPS) is 21.5. The van der Waals surface area contributed by atoms with Crippen molar-refractivity contribution in [3.8, 4) is 0 Å². The van der Waals surface area contributed by atoms with Crippen LogP contribution in [0.15, 0.2) is 16.6 Å². The maximum atomic E-state index is 13.0. The standard InChI is InChI=1S/C10H10BrF2N/c11-7-5-9(13)8(12)4-6(7)10-2-1-3-14-10/h4-5,10,14H,1-3H2/t10-/m0/s1. The van der Waals surface area contributed by atoms with E-state index >= 15 is 0 Å². The summed E-state index contributed by atoms with van der Waals surface area (Å²) in [6, 6.07) is 2.60. The fraction of sp³-hybridized carbons (Fsp3) is 0.400. The first-order valence-electron chi connectivity index (χ1n) is 4.56. The molecule has 76 valence electrons. The highest BCUT2D eigenvalue weighted by atomic mass is 79.9. The van der Waals surface area contributed by atoms with E-state index < -0.39 is 11.6 Å². The molecule has 0 aliphatic carbocycles. The van der Waals surface area contributed by atoms with Crippen LogP contribution >= 0.6 is 15.9 Å². The molecule has 1 N–H and O–H groups in total. The van der Waals surface area contributed by atoms with Gasteiger partial charge in [-0.15, -0.1) is 0 Å². The topological polar surface area (TPSA) is 12.0 Å². The van der Waals surface area contributed by atoms with Gasteiger partial charge in [-0.3, -0.25) is 0 Å². The Morgan fingerprint density at radius 3 is 2.64 bits per heavy atom. The third kappa shape index (κ3) is 1.81. The minimum atomic E-state index is -0.807. The molecule has 1 aromatic rings. The van der Waals surface area contributed by atoms with Gasteiger partial charge in [0.25, 0.3) is 0 Å². The highest BCUT2D eigenvalue weighted by Crippen LogP contribution is 2.30. The fourth-order valence-electron chi connectivity index (χ4n) is 1.75. The van der Waals surface area contributed by atoms with Crippen LogP contribution in [0, 0.1) is 11.6 Å². The van der Waals surface area contributed by atoms with E-state index in [0.29, 0.717) is 4.47 Å². The van der Waals surface area contributed by atoms with Gasteiger partial charge in [0.05, 0.1) is 0 Å².